The molecule has 0 saturated heterocycles. The number of halogens is 5. The molecule has 2 atom stereocenters. The first-order valence-corrected chi connectivity index (χ1v) is 8.37. The van der Waals surface area contributed by atoms with Crippen LogP contribution >= 0.6 is 0 Å². The predicted octanol–water partition coefficient (Wildman–Crippen LogP) is 2.80. The van der Waals surface area contributed by atoms with Crippen LogP contribution in [0.4, 0.5) is 22.0 Å². The molecule has 0 spiro atoms. The number of aliphatic imine (C=N–C) groups is 1. The second-order valence-electron chi connectivity index (χ2n) is 6.82. The Morgan fingerprint density at radius 2 is 2.07 bits per heavy atom. The zero-order chi connectivity index (χ0) is 19.8. The van der Waals surface area contributed by atoms with E-state index in [0.29, 0.717) is 12.5 Å². The average molecular weight is 391 g/mol. The van der Waals surface area contributed by atoms with E-state index in [4.69, 9.17) is 5.73 Å². The Bertz CT molecular complexity index is 763. The molecule has 1 amide bonds. The molecule has 10 heteroatoms. The van der Waals surface area contributed by atoms with E-state index in [-0.39, 0.29) is 5.56 Å². The summed E-state index contributed by atoms with van der Waals surface area (Å²) in [6, 6.07) is 2.22. The van der Waals surface area contributed by atoms with Gasteiger partial charge in [-0.05, 0) is 37.0 Å². The van der Waals surface area contributed by atoms with Gasteiger partial charge in [0.1, 0.15) is 18.0 Å². The van der Waals surface area contributed by atoms with E-state index in [0.717, 1.165) is 25.0 Å². The van der Waals surface area contributed by atoms with Crippen molar-refractivity contribution in [1.29, 1.82) is 0 Å². The summed E-state index contributed by atoms with van der Waals surface area (Å²) < 4.78 is 72.0. The van der Waals surface area contributed by atoms with E-state index >= 15 is 0 Å². The second kappa shape index (κ2) is 6.97. The molecule has 148 valence electrons. The number of nitrogens with one attached hydrogen (secondary N) is 1. The molecule has 2 aliphatic rings. The molecule has 1 aromatic carbocycles. The lowest BCUT2D eigenvalue weighted by atomic mass is 9.84. The highest BCUT2D eigenvalue weighted by atomic mass is 19.4. The van der Waals surface area contributed by atoms with Gasteiger partial charge in [0.2, 0.25) is 0 Å². The van der Waals surface area contributed by atoms with Gasteiger partial charge in [-0.3, -0.25) is 4.79 Å². The zero-order valence-corrected chi connectivity index (χ0v) is 14.2. The Kier molecular flexibility index (Phi) is 5.00. The lowest BCUT2D eigenvalue weighted by Crippen LogP contribution is -2.48. The van der Waals surface area contributed by atoms with Crippen LogP contribution in [-0.4, -0.2) is 37.4 Å². The number of amidine groups is 1. The molecule has 1 heterocycles. The molecule has 1 aliphatic carbocycles. The fraction of sp³-hybridized carbons (Fsp3) is 0.529. The van der Waals surface area contributed by atoms with Crippen LogP contribution in [0, 0.1) is 11.7 Å². The summed E-state index contributed by atoms with van der Waals surface area (Å²) in [6.45, 7) is -0.984. The first-order valence-electron chi connectivity index (χ1n) is 8.37. The molecule has 27 heavy (non-hydrogen) atoms. The number of ether oxygens (including phenoxy) is 1. The lowest BCUT2D eigenvalue weighted by molar-refractivity contribution is -0.209. The van der Waals surface area contributed by atoms with E-state index in [1.807, 2.05) is 0 Å². The van der Waals surface area contributed by atoms with Crippen LogP contribution in [0.1, 0.15) is 35.2 Å². The van der Waals surface area contributed by atoms with Crippen LogP contribution in [0.25, 0.3) is 0 Å². The Labute approximate surface area is 151 Å². The van der Waals surface area contributed by atoms with Gasteiger partial charge < -0.3 is 15.8 Å². The van der Waals surface area contributed by atoms with Crippen LogP contribution < -0.4 is 11.1 Å². The van der Waals surface area contributed by atoms with Gasteiger partial charge in [0, 0.05) is 24.1 Å². The minimum absolute atomic E-state index is 0.00342. The first kappa shape index (κ1) is 19.4. The SMILES string of the molecule is NC1=N[C@](CF)(c2cc(C(=O)NCC3CC3)ccc2F)C[C@@H](C(F)(F)F)O1. The van der Waals surface area contributed by atoms with Crippen molar-refractivity contribution in [3.05, 3.63) is 35.1 Å². The molecule has 0 unspecified atom stereocenters. The Hall–Kier alpha value is -2.39. The van der Waals surface area contributed by atoms with Gasteiger partial charge >= 0.3 is 6.18 Å². The highest BCUT2D eigenvalue weighted by Crippen LogP contribution is 2.41. The maximum absolute atomic E-state index is 14.4. The van der Waals surface area contributed by atoms with Gasteiger partial charge in [0.25, 0.3) is 11.9 Å². The number of carbonyl (C=O) groups is 1. The largest absolute Gasteiger partial charge is 0.452 e. The first-order chi connectivity index (χ1) is 12.6. The molecular formula is C17H18F5N3O2. The molecule has 0 aromatic heterocycles. The summed E-state index contributed by atoms with van der Waals surface area (Å²) in [5, 5.41) is 2.66. The minimum Gasteiger partial charge on any atom is -0.452 e. The molecule has 1 fully saturated rings. The Morgan fingerprint density at radius 1 is 1.37 bits per heavy atom. The third-order valence-corrected chi connectivity index (χ3v) is 4.67. The van der Waals surface area contributed by atoms with Gasteiger partial charge in [-0.15, -0.1) is 0 Å². The summed E-state index contributed by atoms with van der Waals surface area (Å²) in [5.74, 6) is -1.10. The molecule has 5 nitrogen and oxygen atoms in total. The normalized spacial score (nSPS) is 25.5. The molecule has 1 saturated carbocycles. The van der Waals surface area contributed by atoms with E-state index in [2.05, 4.69) is 15.0 Å². The molecule has 0 radical (unpaired) electrons. The van der Waals surface area contributed by atoms with E-state index in [1.165, 1.54) is 6.07 Å². The number of nitrogens with zero attached hydrogens (tertiary/aromatic N) is 1. The second-order valence-corrected chi connectivity index (χ2v) is 6.82. The topological polar surface area (TPSA) is 76.7 Å². The van der Waals surface area contributed by atoms with Crippen molar-refractivity contribution in [2.45, 2.75) is 37.1 Å². The average Bonchev–Trinajstić information content (AvgIpc) is 3.43. The van der Waals surface area contributed by atoms with E-state index in [1.54, 1.807) is 0 Å². The summed E-state index contributed by atoms with van der Waals surface area (Å²) >= 11 is 0. The van der Waals surface area contributed by atoms with Crippen molar-refractivity contribution in [3.8, 4) is 0 Å². The van der Waals surface area contributed by atoms with Gasteiger partial charge in [-0.25, -0.2) is 13.8 Å². The third kappa shape index (κ3) is 4.14. The van der Waals surface area contributed by atoms with Crippen molar-refractivity contribution >= 4 is 11.9 Å². The molecule has 0 bridgehead atoms. The number of rotatable bonds is 5. The van der Waals surface area contributed by atoms with E-state index in [9.17, 15) is 26.7 Å². The van der Waals surface area contributed by atoms with E-state index < -0.39 is 54.2 Å². The number of carbonyl (C=O) groups excluding carboxylic acids is 1. The standard InChI is InChI=1S/C17H18F5N3O2/c18-8-16(6-13(17(20,21)22)27-15(23)25-16)11-5-10(3-4-12(11)19)14(26)24-7-9-1-2-9/h3-5,9,13H,1-2,6-8H2,(H2,23,25)(H,24,26)/t13-,16+/m0/s1. The Morgan fingerprint density at radius 3 is 2.67 bits per heavy atom. The smallest absolute Gasteiger partial charge is 0.425 e. The lowest BCUT2D eigenvalue weighted by Gasteiger charge is -2.36. The fourth-order valence-corrected chi connectivity index (χ4v) is 2.97. The quantitative estimate of drug-likeness (QED) is 0.758. The molecule has 1 aliphatic heterocycles. The highest BCUT2D eigenvalue weighted by Gasteiger charge is 2.52. The number of alkyl halides is 4. The number of amides is 1. The third-order valence-electron chi connectivity index (χ3n) is 4.67. The summed E-state index contributed by atoms with van der Waals surface area (Å²) in [7, 11) is 0. The van der Waals surface area contributed by atoms with Crippen LogP contribution in [0.3, 0.4) is 0 Å². The summed E-state index contributed by atoms with van der Waals surface area (Å²) in [5.41, 5.74) is 2.62. The zero-order valence-electron chi connectivity index (χ0n) is 14.2. The molecule has 3 rings (SSSR count). The minimum atomic E-state index is -4.84. The fourth-order valence-electron chi connectivity index (χ4n) is 2.97. The monoisotopic (exact) mass is 391 g/mol. The number of nitrogens with two attached hydrogens (primary N) is 1. The van der Waals surface area contributed by atoms with Gasteiger partial charge in [-0.2, -0.15) is 13.2 Å². The van der Waals surface area contributed by atoms with Crippen LogP contribution in [0.5, 0.6) is 0 Å². The van der Waals surface area contributed by atoms with Gasteiger partial charge in [0.05, 0.1) is 0 Å². The van der Waals surface area contributed by atoms with Crippen molar-refractivity contribution < 1.29 is 31.5 Å². The van der Waals surface area contributed by atoms with Crippen molar-refractivity contribution in [2.75, 3.05) is 13.2 Å². The number of hydrogen-bond acceptors (Lipinski definition) is 4. The Balaban J connectivity index is 1.95. The predicted molar refractivity (Wildman–Crippen MR) is 86.3 cm³/mol. The molecule has 1 aromatic rings. The number of hydrogen-bond donors (Lipinski definition) is 2. The highest BCUT2D eigenvalue weighted by molar-refractivity contribution is 5.94. The van der Waals surface area contributed by atoms with Crippen molar-refractivity contribution in [3.63, 3.8) is 0 Å². The maximum atomic E-state index is 14.4. The maximum Gasteiger partial charge on any atom is 0.425 e. The summed E-state index contributed by atoms with van der Waals surface area (Å²) in [6.07, 6.45) is -6.24. The van der Waals surface area contributed by atoms with Crippen molar-refractivity contribution in [2.24, 2.45) is 16.6 Å². The van der Waals surface area contributed by atoms with Gasteiger partial charge in [0.15, 0.2) is 6.10 Å². The van der Waals surface area contributed by atoms with Crippen LogP contribution in [0.2, 0.25) is 0 Å². The van der Waals surface area contributed by atoms with Crippen LogP contribution in [0.15, 0.2) is 23.2 Å². The van der Waals surface area contributed by atoms with Crippen LogP contribution in [-0.2, 0) is 10.3 Å². The number of benzene rings is 1. The molecule has 3 N–H and O–H groups in total. The van der Waals surface area contributed by atoms with Gasteiger partial charge in [-0.1, -0.05) is 0 Å². The summed E-state index contributed by atoms with van der Waals surface area (Å²) in [4.78, 5) is 15.8. The van der Waals surface area contributed by atoms with Crippen molar-refractivity contribution in [1.82, 2.24) is 5.32 Å². The molecular weight excluding hydrogens is 373 g/mol.